The van der Waals surface area contributed by atoms with Gasteiger partial charge in [0.2, 0.25) is 0 Å². The zero-order valence-electron chi connectivity index (χ0n) is 23.1. The Labute approximate surface area is 234 Å². The molecular formula is C34H33NO5. The number of rotatable bonds is 6. The van der Waals surface area contributed by atoms with Gasteiger partial charge in [0.25, 0.3) is 0 Å². The van der Waals surface area contributed by atoms with E-state index in [0.717, 1.165) is 70.8 Å². The summed E-state index contributed by atoms with van der Waals surface area (Å²) in [5.74, 6) is 1.01. The van der Waals surface area contributed by atoms with Gasteiger partial charge in [0.15, 0.2) is 5.60 Å². The summed E-state index contributed by atoms with van der Waals surface area (Å²) < 4.78 is 24.0. The smallest absolute Gasteiger partial charge is 0.339 e. The van der Waals surface area contributed by atoms with Gasteiger partial charge in [0.1, 0.15) is 11.5 Å². The van der Waals surface area contributed by atoms with Crippen LogP contribution in [0.15, 0.2) is 78.9 Å². The van der Waals surface area contributed by atoms with Gasteiger partial charge in [-0.2, -0.15) is 0 Å². The quantitative estimate of drug-likeness (QED) is 0.262. The summed E-state index contributed by atoms with van der Waals surface area (Å²) in [5, 5.41) is 1.90. The summed E-state index contributed by atoms with van der Waals surface area (Å²) in [5.41, 5.74) is 4.12. The number of hydrogen-bond donors (Lipinski definition) is 0. The van der Waals surface area contributed by atoms with Gasteiger partial charge >= 0.3 is 5.97 Å². The minimum absolute atomic E-state index is 0.297. The van der Waals surface area contributed by atoms with E-state index in [1.807, 2.05) is 74.5 Å². The van der Waals surface area contributed by atoms with Crippen molar-refractivity contribution in [1.29, 1.82) is 0 Å². The first-order valence-electron chi connectivity index (χ1n) is 13.7. The van der Waals surface area contributed by atoms with Crippen molar-refractivity contribution in [2.75, 3.05) is 44.9 Å². The summed E-state index contributed by atoms with van der Waals surface area (Å²) in [6, 6.07) is 24.5. The predicted octanol–water partition coefficient (Wildman–Crippen LogP) is 6.52. The topological polar surface area (TPSA) is 57.2 Å². The van der Waals surface area contributed by atoms with Gasteiger partial charge in [0, 0.05) is 40.9 Å². The highest BCUT2D eigenvalue weighted by Crippen LogP contribution is 2.49. The van der Waals surface area contributed by atoms with Crippen LogP contribution in [0.2, 0.25) is 0 Å². The van der Waals surface area contributed by atoms with Crippen LogP contribution in [-0.2, 0) is 15.1 Å². The molecule has 2 heterocycles. The summed E-state index contributed by atoms with van der Waals surface area (Å²) in [7, 11) is 1.67. The molecule has 6 rings (SSSR count). The number of esters is 1. The Morgan fingerprint density at radius 2 is 1.65 bits per heavy atom. The number of nitrogens with zero attached hydrogens (tertiary/aromatic N) is 1. The minimum atomic E-state index is -0.993. The molecule has 0 spiro atoms. The highest BCUT2D eigenvalue weighted by molar-refractivity contribution is 6.06. The molecule has 4 aromatic carbocycles. The monoisotopic (exact) mass is 535 g/mol. The maximum absolute atomic E-state index is 13.2. The number of aryl methyl sites for hydroxylation is 1. The van der Waals surface area contributed by atoms with Crippen LogP contribution in [0, 0.1) is 6.92 Å². The van der Waals surface area contributed by atoms with Crippen LogP contribution in [0.4, 0.5) is 5.69 Å². The number of carbonyl (C=O) groups is 1. The van der Waals surface area contributed by atoms with E-state index in [1.165, 1.54) is 0 Å². The fraction of sp³-hybridized carbons (Fsp3) is 0.265. The number of fused-ring (bicyclic) bond motifs is 3. The van der Waals surface area contributed by atoms with Crippen LogP contribution in [0.25, 0.3) is 16.8 Å². The van der Waals surface area contributed by atoms with E-state index < -0.39 is 5.60 Å². The molecule has 2 aliphatic rings. The number of anilines is 1. The molecule has 204 valence electrons. The molecule has 1 saturated heterocycles. The van der Waals surface area contributed by atoms with E-state index in [9.17, 15) is 4.79 Å². The standard InChI is InChI=1S/C34H33NO5/c1-4-39-33(36)31-23(2)26-9-5-6-10-27(26)32-28(31)17-18-34(40-32,29-11-7-8-12-30(29)37-3)24-13-15-25(16-14-24)35-19-21-38-22-20-35/h5-18H,4,19-22H2,1-3H3. The highest BCUT2D eigenvalue weighted by atomic mass is 16.5. The van der Waals surface area contributed by atoms with Gasteiger partial charge in [-0.15, -0.1) is 0 Å². The lowest BCUT2D eigenvalue weighted by atomic mass is 9.81. The summed E-state index contributed by atoms with van der Waals surface area (Å²) in [6.45, 7) is 7.27. The Morgan fingerprint density at radius 1 is 0.950 bits per heavy atom. The Morgan fingerprint density at radius 3 is 2.38 bits per heavy atom. The molecule has 40 heavy (non-hydrogen) atoms. The second-order valence-electron chi connectivity index (χ2n) is 10.0. The average molecular weight is 536 g/mol. The molecule has 0 bridgehead atoms. The molecule has 4 aromatic rings. The third kappa shape index (κ3) is 4.29. The minimum Gasteiger partial charge on any atom is -0.496 e. The summed E-state index contributed by atoms with van der Waals surface area (Å²) in [6.07, 6.45) is 4.04. The second-order valence-corrected chi connectivity index (χ2v) is 10.0. The fourth-order valence-electron chi connectivity index (χ4n) is 5.88. The molecule has 1 fully saturated rings. The number of carbonyl (C=O) groups excluding carboxylic acids is 1. The van der Waals surface area contributed by atoms with E-state index >= 15 is 0 Å². The molecular weight excluding hydrogens is 502 g/mol. The maximum Gasteiger partial charge on any atom is 0.339 e. The third-order valence-electron chi connectivity index (χ3n) is 7.87. The Hall–Kier alpha value is -4.29. The van der Waals surface area contributed by atoms with Crippen LogP contribution >= 0.6 is 0 Å². The molecule has 6 heteroatoms. The molecule has 1 atom stereocenters. The number of hydrogen-bond acceptors (Lipinski definition) is 6. The summed E-state index contributed by atoms with van der Waals surface area (Å²) in [4.78, 5) is 15.6. The molecule has 6 nitrogen and oxygen atoms in total. The lowest BCUT2D eigenvalue weighted by molar-refractivity contribution is 0.0524. The van der Waals surface area contributed by atoms with E-state index in [-0.39, 0.29) is 5.97 Å². The van der Waals surface area contributed by atoms with Crippen LogP contribution in [0.3, 0.4) is 0 Å². The number of ether oxygens (including phenoxy) is 4. The van der Waals surface area contributed by atoms with Gasteiger partial charge in [-0.05, 0) is 55.1 Å². The van der Waals surface area contributed by atoms with Crippen molar-refractivity contribution < 1.29 is 23.7 Å². The van der Waals surface area contributed by atoms with Crippen molar-refractivity contribution in [3.63, 3.8) is 0 Å². The van der Waals surface area contributed by atoms with Crippen molar-refractivity contribution in [1.82, 2.24) is 0 Å². The molecule has 1 unspecified atom stereocenters. The highest BCUT2D eigenvalue weighted by Gasteiger charge is 2.41. The molecule has 0 amide bonds. The van der Waals surface area contributed by atoms with Gasteiger partial charge < -0.3 is 23.8 Å². The molecule has 0 aliphatic carbocycles. The number of methoxy groups -OCH3 is 1. The van der Waals surface area contributed by atoms with Gasteiger partial charge in [0.05, 0.1) is 32.5 Å². The molecule has 0 saturated carbocycles. The molecule has 0 radical (unpaired) electrons. The van der Waals surface area contributed by atoms with E-state index in [0.29, 0.717) is 17.9 Å². The summed E-state index contributed by atoms with van der Waals surface area (Å²) >= 11 is 0. The normalized spacial score (nSPS) is 18.2. The Balaban J connectivity index is 1.57. The van der Waals surface area contributed by atoms with Crippen LogP contribution in [0.5, 0.6) is 11.5 Å². The van der Waals surface area contributed by atoms with E-state index in [2.05, 4.69) is 29.2 Å². The van der Waals surface area contributed by atoms with Gasteiger partial charge in [-0.25, -0.2) is 4.79 Å². The number of benzene rings is 4. The van der Waals surface area contributed by atoms with Crippen molar-refractivity contribution in [3.05, 3.63) is 107 Å². The first kappa shape index (κ1) is 26.0. The van der Waals surface area contributed by atoms with Crippen LogP contribution < -0.4 is 14.4 Å². The fourth-order valence-corrected chi connectivity index (χ4v) is 5.88. The molecule has 0 N–H and O–H groups in total. The zero-order valence-corrected chi connectivity index (χ0v) is 23.1. The van der Waals surface area contributed by atoms with Crippen LogP contribution in [-0.4, -0.2) is 46.0 Å². The SMILES string of the molecule is CCOC(=O)c1c2c(c3ccccc3c1C)OC(c1ccc(N3CCOCC3)cc1)(c1ccccc1OC)C=C2. The zero-order chi connectivity index (χ0) is 27.7. The van der Waals surface area contributed by atoms with Crippen molar-refractivity contribution in [3.8, 4) is 11.5 Å². The van der Waals surface area contributed by atoms with E-state index in [1.54, 1.807) is 7.11 Å². The molecule has 0 aromatic heterocycles. The average Bonchev–Trinajstić information content (AvgIpc) is 3.02. The van der Waals surface area contributed by atoms with Crippen LogP contribution in [0.1, 0.15) is 39.5 Å². The van der Waals surface area contributed by atoms with Gasteiger partial charge in [-0.1, -0.05) is 54.6 Å². The number of para-hydroxylation sites is 1. The second kappa shape index (κ2) is 10.7. The Kier molecular flexibility index (Phi) is 6.95. The maximum atomic E-state index is 13.2. The van der Waals surface area contributed by atoms with Crippen molar-refractivity contribution in [2.24, 2.45) is 0 Å². The lowest BCUT2D eigenvalue weighted by Crippen LogP contribution is -2.37. The predicted molar refractivity (Wildman–Crippen MR) is 158 cm³/mol. The largest absolute Gasteiger partial charge is 0.496 e. The first-order valence-corrected chi connectivity index (χ1v) is 13.7. The van der Waals surface area contributed by atoms with Gasteiger partial charge in [-0.3, -0.25) is 0 Å². The van der Waals surface area contributed by atoms with Crippen molar-refractivity contribution in [2.45, 2.75) is 19.4 Å². The van der Waals surface area contributed by atoms with E-state index in [4.69, 9.17) is 18.9 Å². The first-order chi connectivity index (χ1) is 19.6. The Bertz CT molecular complexity index is 1590. The lowest BCUT2D eigenvalue weighted by Gasteiger charge is -2.38. The molecule has 2 aliphatic heterocycles. The third-order valence-corrected chi connectivity index (χ3v) is 7.87. The number of morpholine rings is 1. The van der Waals surface area contributed by atoms with Crippen molar-refractivity contribution >= 4 is 28.5 Å².